The van der Waals surface area contributed by atoms with Crippen molar-refractivity contribution in [3.05, 3.63) is 95.8 Å². The van der Waals surface area contributed by atoms with Gasteiger partial charge in [-0.25, -0.2) is 13.6 Å². The summed E-state index contributed by atoms with van der Waals surface area (Å²) in [6.45, 7) is 9.08. The molecule has 2 heterocycles. The number of nitrogens with one attached hydrogen (secondary N) is 5. The van der Waals surface area contributed by atoms with Crippen molar-refractivity contribution in [2.75, 3.05) is 32.8 Å². The van der Waals surface area contributed by atoms with Crippen LogP contribution < -0.4 is 32.3 Å². The molecule has 396 valence electrons. The van der Waals surface area contributed by atoms with Crippen LogP contribution in [-0.2, 0) is 49.7 Å². The number of hydrogen-bond donors (Lipinski definition) is 8. The molecule has 3 aromatic rings. The number of aromatic nitrogens is 1. The number of nitrogens with zero attached hydrogens (tertiary/aromatic N) is 3. The topological polar surface area (TPSA) is 292 Å². The number of benzene rings is 2. The van der Waals surface area contributed by atoms with Crippen LogP contribution in [0.5, 0.6) is 0 Å². The molecular weight excluding hydrogens is 953 g/mol. The number of halogens is 2. The molecule has 2 aromatic carbocycles. The van der Waals surface area contributed by atoms with Gasteiger partial charge in [0.1, 0.15) is 42.9 Å². The molecule has 8 amide bonds. The largest absolute Gasteiger partial charge is 0.480 e. The number of aliphatic hydroxyl groups is 1. The van der Waals surface area contributed by atoms with E-state index in [-0.39, 0.29) is 50.9 Å². The Morgan fingerprint density at radius 3 is 2.08 bits per heavy atom. The van der Waals surface area contributed by atoms with Crippen molar-refractivity contribution in [3.8, 4) is 11.1 Å². The Hall–Kier alpha value is -7.33. The SMILES string of the molecule is CC(NC(=O)[C@@H](NC(=O)CN1C(=O)C=CC1=O)C(C)C)C(=O)N[C@@H](CCCCNC(=O)CCNC(=O)[C@@H](N)CCN(C(=O)CO)C(c1cc(-c2cc(F)ccc2F)cn1Cc1ccccc1)C(C)(C)C)C(=O)O. The second kappa shape index (κ2) is 26.9. The highest BCUT2D eigenvalue weighted by atomic mass is 19.1. The molecule has 0 saturated heterocycles. The number of nitrogens with two attached hydrogens (primary N) is 1. The second-order valence-corrected chi connectivity index (χ2v) is 19.2. The smallest absolute Gasteiger partial charge is 0.326 e. The molecule has 0 radical (unpaired) electrons. The van der Waals surface area contributed by atoms with Crippen molar-refractivity contribution < 1.29 is 62.1 Å². The first-order chi connectivity index (χ1) is 34.4. The van der Waals surface area contributed by atoms with E-state index in [1.54, 1.807) is 26.1 Å². The molecular formula is C51H67F2N9O11. The summed E-state index contributed by atoms with van der Waals surface area (Å²) in [5, 5.41) is 32.5. The van der Waals surface area contributed by atoms with Crippen molar-refractivity contribution in [1.29, 1.82) is 0 Å². The number of aliphatic hydroxyl groups excluding tert-OH is 1. The van der Waals surface area contributed by atoms with E-state index in [1.165, 1.54) is 11.8 Å². The number of hydrogen-bond acceptors (Lipinski definition) is 11. The number of carbonyl (C=O) groups is 9. The third-order valence-corrected chi connectivity index (χ3v) is 12.0. The lowest BCUT2D eigenvalue weighted by Gasteiger charge is -2.41. The Morgan fingerprint density at radius 2 is 1.47 bits per heavy atom. The summed E-state index contributed by atoms with van der Waals surface area (Å²) in [6.07, 6.45) is 4.12. The fraction of sp³-hybridized carbons (Fsp3) is 0.471. The van der Waals surface area contributed by atoms with Gasteiger partial charge in [0.2, 0.25) is 35.4 Å². The average molecular weight is 1020 g/mol. The predicted octanol–water partition coefficient (Wildman–Crippen LogP) is 2.04. The maximum Gasteiger partial charge on any atom is 0.326 e. The second-order valence-electron chi connectivity index (χ2n) is 19.2. The maximum absolute atomic E-state index is 15.1. The van der Waals surface area contributed by atoms with Gasteiger partial charge in [0.05, 0.1) is 12.1 Å². The number of unbranched alkanes of at least 4 members (excludes halogenated alkanes) is 1. The molecule has 1 aliphatic heterocycles. The molecule has 1 aromatic heterocycles. The highest BCUT2D eigenvalue weighted by Crippen LogP contribution is 2.41. The van der Waals surface area contributed by atoms with Crippen LogP contribution in [0.2, 0.25) is 0 Å². The molecule has 9 N–H and O–H groups in total. The fourth-order valence-electron chi connectivity index (χ4n) is 8.14. The van der Waals surface area contributed by atoms with E-state index < -0.39 is 120 Å². The number of rotatable bonds is 27. The lowest BCUT2D eigenvalue weighted by molar-refractivity contribution is -0.142. The first-order valence-corrected chi connectivity index (χ1v) is 24.0. The van der Waals surface area contributed by atoms with Crippen LogP contribution in [0.15, 0.2) is 72.9 Å². The molecule has 0 bridgehead atoms. The van der Waals surface area contributed by atoms with Gasteiger partial charge in [0.25, 0.3) is 11.8 Å². The average Bonchev–Trinajstić information content (AvgIpc) is 3.88. The van der Waals surface area contributed by atoms with Crippen molar-refractivity contribution in [2.24, 2.45) is 17.1 Å². The van der Waals surface area contributed by atoms with Crippen LogP contribution in [0.3, 0.4) is 0 Å². The zero-order valence-corrected chi connectivity index (χ0v) is 41.9. The Kier molecular flexibility index (Phi) is 21.5. The zero-order valence-electron chi connectivity index (χ0n) is 41.9. The summed E-state index contributed by atoms with van der Waals surface area (Å²) < 4.78 is 31.3. The van der Waals surface area contributed by atoms with E-state index in [1.807, 2.05) is 55.7 Å². The van der Waals surface area contributed by atoms with Gasteiger partial charge >= 0.3 is 5.97 Å². The van der Waals surface area contributed by atoms with E-state index in [4.69, 9.17) is 5.73 Å². The molecule has 0 aliphatic carbocycles. The summed E-state index contributed by atoms with van der Waals surface area (Å²) in [7, 11) is 0. The highest BCUT2D eigenvalue weighted by molar-refractivity contribution is 6.14. The summed E-state index contributed by atoms with van der Waals surface area (Å²) in [4.78, 5) is 116. The number of carboxylic acid groups (broad SMARTS) is 1. The number of imide groups is 1. The van der Waals surface area contributed by atoms with Crippen LogP contribution in [-0.4, -0.2) is 135 Å². The molecule has 20 nitrogen and oxygen atoms in total. The normalized spacial score (nSPS) is 14.5. The third kappa shape index (κ3) is 17.2. The van der Waals surface area contributed by atoms with Crippen molar-refractivity contribution in [2.45, 2.75) is 110 Å². The molecule has 1 aliphatic rings. The maximum atomic E-state index is 15.1. The summed E-state index contributed by atoms with van der Waals surface area (Å²) in [5.41, 5.74) is 7.45. The van der Waals surface area contributed by atoms with E-state index in [2.05, 4.69) is 26.6 Å². The van der Waals surface area contributed by atoms with Gasteiger partial charge in [-0.1, -0.05) is 65.0 Å². The lowest BCUT2D eigenvalue weighted by Crippen LogP contribution is -2.57. The molecule has 2 unspecified atom stereocenters. The van der Waals surface area contributed by atoms with Gasteiger partial charge < -0.3 is 52.0 Å². The van der Waals surface area contributed by atoms with E-state index >= 15 is 4.39 Å². The van der Waals surface area contributed by atoms with E-state index in [0.717, 1.165) is 35.9 Å². The predicted molar refractivity (Wildman–Crippen MR) is 263 cm³/mol. The first-order valence-electron chi connectivity index (χ1n) is 24.0. The van der Waals surface area contributed by atoms with E-state index in [0.29, 0.717) is 29.1 Å². The van der Waals surface area contributed by atoms with Crippen molar-refractivity contribution >= 4 is 53.2 Å². The standard InChI is InChI=1S/C51H67F2N9O11/c1-30(2)45(59-41(65)28-62-42(66)17-18-43(62)67)49(71)57-31(3)47(69)58-38(50(72)73)14-10-11-21-55-40(64)19-22-56-48(70)37(54)20-23-61(44(68)29-63)46(51(4,5)6)39-24-33(35-25-34(52)15-16-36(35)53)27-60(39)26-32-12-8-7-9-13-32/h7-9,12-13,15-18,24-25,27,30-31,37-38,45-46,63H,10-11,14,19-23,26,28-29,54H2,1-6H3,(H,55,64)(H,56,70)(H,57,71)(H,58,69)(H,59,65)(H,72,73)/t31?,37-,38-,45-,46?/m0/s1. The minimum atomic E-state index is -1.34. The zero-order chi connectivity index (χ0) is 54.2. The Bertz CT molecular complexity index is 2490. The first kappa shape index (κ1) is 58.2. The van der Waals surface area contributed by atoms with Crippen molar-refractivity contribution in [3.63, 3.8) is 0 Å². The van der Waals surface area contributed by atoms with Gasteiger partial charge in [-0.3, -0.25) is 43.3 Å². The Morgan fingerprint density at radius 1 is 0.795 bits per heavy atom. The van der Waals surface area contributed by atoms with Crippen LogP contribution in [0.25, 0.3) is 11.1 Å². The lowest BCUT2D eigenvalue weighted by atomic mass is 9.82. The summed E-state index contributed by atoms with van der Waals surface area (Å²) in [5.74, 6) is -8.43. The Balaban J connectivity index is 1.25. The van der Waals surface area contributed by atoms with Gasteiger partial charge in [-0.2, -0.15) is 0 Å². The van der Waals surface area contributed by atoms with E-state index in [9.17, 15) is 57.8 Å². The minimum absolute atomic E-state index is 0.0206. The molecule has 73 heavy (non-hydrogen) atoms. The monoisotopic (exact) mass is 1020 g/mol. The van der Waals surface area contributed by atoms with Gasteiger partial charge in [0, 0.05) is 67.8 Å². The van der Waals surface area contributed by atoms with Crippen LogP contribution in [0.1, 0.15) is 90.9 Å². The quantitative estimate of drug-likeness (QED) is 0.0402. The van der Waals surface area contributed by atoms with Gasteiger partial charge in [0.15, 0.2) is 0 Å². The van der Waals surface area contributed by atoms with Crippen LogP contribution in [0.4, 0.5) is 8.78 Å². The van der Waals surface area contributed by atoms with Crippen LogP contribution >= 0.6 is 0 Å². The third-order valence-electron chi connectivity index (χ3n) is 12.0. The number of carbonyl (C=O) groups excluding carboxylic acids is 8. The number of aliphatic carboxylic acids is 1. The molecule has 22 heteroatoms. The molecule has 5 atom stereocenters. The van der Waals surface area contributed by atoms with Gasteiger partial charge in [-0.05, 0) is 73.8 Å². The summed E-state index contributed by atoms with van der Waals surface area (Å²) >= 11 is 0. The molecule has 0 spiro atoms. The highest BCUT2D eigenvalue weighted by Gasteiger charge is 2.38. The number of amides is 8. The Labute approximate surface area is 422 Å². The summed E-state index contributed by atoms with van der Waals surface area (Å²) in [6, 6.07) is 8.66. The number of carboxylic acids is 1. The molecule has 4 rings (SSSR count). The van der Waals surface area contributed by atoms with Crippen molar-refractivity contribution in [1.82, 2.24) is 41.0 Å². The van der Waals surface area contributed by atoms with Gasteiger partial charge in [-0.15, -0.1) is 0 Å². The minimum Gasteiger partial charge on any atom is -0.480 e. The molecule has 0 saturated carbocycles. The molecule has 0 fully saturated rings. The fourth-order valence-corrected chi connectivity index (χ4v) is 8.14. The van der Waals surface area contributed by atoms with Crippen LogP contribution in [0, 0.1) is 23.0 Å².